The molecule has 0 fully saturated rings. The Morgan fingerprint density at radius 1 is 0.842 bits per heavy atom. The second-order valence-electron chi connectivity index (χ2n) is 8.37. The van der Waals surface area contributed by atoms with Gasteiger partial charge in [0.2, 0.25) is 0 Å². The van der Waals surface area contributed by atoms with E-state index in [1.807, 2.05) is 55.5 Å². The summed E-state index contributed by atoms with van der Waals surface area (Å²) in [6.07, 6.45) is 4.74. The Bertz CT molecular complexity index is 1600. The van der Waals surface area contributed by atoms with Crippen molar-refractivity contribution in [3.8, 4) is 27.4 Å². The first-order chi connectivity index (χ1) is 18.5. The molecule has 38 heavy (non-hydrogen) atoms. The fourth-order valence-electron chi connectivity index (χ4n) is 3.80. The Labute approximate surface area is 223 Å². The molecule has 2 N–H and O–H groups in total. The maximum absolute atomic E-state index is 12.8. The summed E-state index contributed by atoms with van der Waals surface area (Å²) >= 11 is 1.33. The zero-order valence-electron chi connectivity index (χ0n) is 20.6. The van der Waals surface area contributed by atoms with E-state index in [0.29, 0.717) is 27.8 Å². The molecule has 8 nitrogen and oxygen atoms in total. The van der Waals surface area contributed by atoms with Crippen LogP contribution in [0.3, 0.4) is 0 Å². The molecule has 5 rings (SSSR count). The van der Waals surface area contributed by atoms with Crippen molar-refractivity contribution in [2.75, 3.05) is 17.7 Å². The fraction of sp³-hybridized carbons (Fsp3) is 0.0690. The van der Waals surface area contributed by atoms with Crippen molar-refractivity contribution in [2.45, 2.75) is 6.92 Å². The zero-order chi connectivity index (χ0) is 26.5. The summed E-state index contributed by atoms with van der Waals surface area (Å²) < 4.78 is 5.29. The van der Waals surface area contributed by atoms with E-state index < -0.39 is 0 Å². The number of hydrogen-bond acceptors (Lipinski definition) is 7. The van der Waals surface area contributed by atoms with Crippen molar-refractivity contribution >= 4 is 34.1 Å². The molecule has 0 saturated carbocycles. The lowest BCUT2D eigenvalue weighted by Crippen LogP contribution is -2.13. The lowest BCUT2D eigenvalue weighted by atomic mass is 10.1. The number of thiazole rings is 1. The largest absolute Gasteiger partial charge is 0.497 e. The average molecular weight is 522 g/mol. The summed E-state index contributed by atoms with van der Waals surface area (Å²) in [5, 5.41) is 6.18. The molecule has 5 aromatic rings. The maximum Gasteiger partial charge on any atom is 0.259 e. The summed E-state index contributed by atoms with van der Waals surface area (Å²) in [5.41, 5.74) is 4.30. The summed E-state index contributed by atoms with van der Waals surface area (Å²) in [5.74, 6) is 0.577. The van der Waals surface area contributed by atoms with E-state index in [0.717, 1.165) is 27.3 Å². The van der Waals surface area contributed by atoms with Gasteiger partial charge in [-0.1, -0.05) is 29.0 Å². The number of methoxy groups -OCH3 is 1. The van der Waals surface area contributed by atoms with Gasteiger partial charge in [0.05, 0.1) is 23.2 Å². The number of anilines is 2. The SMILES string of the molecule is COc1ccc(-c2nc(NC(=O)c3cccnc3)sc2-c2ccnc(NC(=O)c3cccc(C)c3)c2)cc1. The van der Waals surface area contributed by atoms with Crippen molar-refractivity contribution in [3.63, 3.8) is 0 Å². The van der Waals surface area contributed by atoms with Gasteiger partial charge in [-0.3, -0.25) is 19.9 Å². The molecular formula is C29H23N5O3S. The Morgan fingerprint density at radius 2 is 1.63 bits per heavy atom. The minimum atomic E-state index is -0.305. The van der Waals surface area contributed by atoms with Crippen molar-refractivity contribution in [1.29, 1.82) is 0 Å². The van der Waals surface area contributed by atoms with Crippen LogP contribution in [-0.4, -0.2) is 33.9 Å². The maximum atomic E-state index is 12.8. The minimum absolute atomic E-state index is 0.248. The number of carbonyl (C=O) groups excluding carboxylic acids is 2. The standard InChI is InChI=1S/C29H23N5O3S/c1-18-5-3-6-21(15-18)27(35)32-24-16-20(12-14-31-24)26-25(19-8-10-23(37-2)11-9-19)33-29(38-26)34-28(36)22-7-4-13-30-17-22/h3-17H,1-2H3,(H,31,32,35)(H,33,34,36). The second kappa shape index (κ2) is 11.0. The molecule has 2 amide bonds. The lowest BCUT2D eigenvalue weighted by molar-refractivity contribution is 0.101. The summed E-state index contributed by atoms with van der Waals surface area (Å²) in [6.45, 7) is 1.94. The first kappa shape index (κ1) is 24.8. The highest BCUT2D eigenvalue weighted by Crippen LogP contribution is 2.40. The Kier molecular flexibility index (Phi) is 7.19. The van der Waals surface area contributed by atoms with Gasteiger partial charge in [-0.25, -0.2) is 9.97 Å². The average Bonchev–Trinajstić information content (AvgIpc) is 3.37. The van der Waals surface area contributed by atoms with Crippen LogP contribution in [0.15, 0.2) is 91.4 Å². The molecule has 3 aromatic heterocycles. The molecule has 188 valence electrons. The first-order valence-corrected chi connectivity index (χ1v) is 12.5. The summed E-state index contributed by atoms with van der Waals surface area (Å²) in [7, 11) is 1.61. The quantitative estimate of drug-likeness (QED) is 0.269. The van der Waals surface area contributed by atoms with Crippen LogP contribution in [-0.2, 0) is 0 Å². The van der Waals surface area contributed by atoms with Gasteiger partial charge < -0.3 is 10.1 Å². The van der Waals surface area contributed by atoms with Crippen molar-refractivity contribution in [1.82, 2.24) is 15.0 Å². The molecule has 3 heterocycles. The van der Waals surface area contributed by atoms with Gasteiger partial charge in [-0.2, -0.15) is 0 Å². The van der Waals surface area contributed by atoms with Gasteiger partial charge in [0.25, 0.3) is 11.8 Å². The van der Waals surface area contributed by atoms with Crippen LogP contribution in [0.1, 0.15) is 26.3 Å². The smallest absolute Gasteiger partial charge is 0.259 e. The molecule has 0 aliphatic rings. The third-order valence-electron chi connectivity index (χ3n) is 5.68. The number of aryl methyl sites for hydroxylation is 1. The molecule has 0 bridgehead atoms. The number of carbonyl (C=O) groups is 2. The molecule has 0 spiro atoms. The highest BCUT2D eigenvalue weighted by Gasteiger charge is 2.18. The van der Waals surface area contributed by atoms with Crippen molar-refractivity contribution < 1.29 is 14.3 Å². The molecular weight excluding hydrogens is 498 g/mol. The topological polar surface area (TPSA) is 106 Å². The third kappa shape index (κ3) is 5.58. The fourth-order valence-corrected chi connectivity index (χ4v) is 4.77. The highest BCUT2D eigenvalue weighted by molar-refractivity contribution is 7.19. The number of nitrogens with one attached hydrogen (secondary N) is 2. The molecule has 2 aromatic carbocycles. The highest BCUT2D eigenvalue weighted by atomic mass is 32.1. The summed E-state index contributed by atoms with van der Waals surface area (Å²) in [6, 6.07) is 21.9. The Balaban J connectivity index is 1.49. The monoisotopic (exact) mass is 521 g/mol. The predicted molar refractivity (Wildman–Crippen MR) is 149 cm³/mol. The number of benzene rings is 2. The number of ether oxygens (including phenoxy) is 1. The van der Waals surface area contributed by atoms with E-state index >= 15 is 0 Å². The van der Waals surface area contributed by atoms with Crippen molar-refractivity contribution in [3.05, 3.63) is 108 Å². The van der Waals surface area contributed by atoms with Crippen LogP contribution in [0.2, 0.25) is 0 Å². The number of aromatic nitrogens is 3. The van der Waals surface area contributed by atoms with Gasteiger partial charge in [0.1, 0.15) is 11.6 Å². The van der Waals surface area contributed by atoms with E-state index in [1.165, 1.54) is 17.5 Å². The van der Waals surface area contributed by atoms with Crippen molar-refractivity contribution in [2.24, 2.45) is 0 Å². The van der Waals surface area contributed by atoms with Crippen LogP contribution >= 0.6 is 11.3 Å². The van der Waals surface area contributed by atoms with Crippen LogP contribution in [0.5, 0.6) is 5.75 Å². The first-order valence-electron chi connectivity index (χ1n) is 11.7. The number of pyridine rings is 2. The number of amides is 2. The van der Waals surface area contributed by atoms with Gasteiger partial charge in [0, 0.05) is 29.7 Å². The number of nitrogens with zero attached hydrogens (tertiary/aromatic N) is 3. The van der Waals surface area contributed by atoms with Crippen LogP contribution in [0, 0.1) is 6.92 Å². The van der Waals surface area contributed by atoms with Crippen LogP contribution in [0.4, 0.5) is 10.9 Å². The zero-order valence-corrected chi connectivity index (χ0v) is 21.5. The predicted octanol–water partition coefficient (Wildman–Crippen LogP) is 6.09. The van der Waals surface area contributed by atoms with Gasteiger partial charge >= 0.3 is 0 Å². The van der Waals surface area contributed by atoms with E-state index in [1.54, 1.807) is 43.8 Å². The van der Waals surface area contributed by atoms with Gasteiger partial charge in [-0.05, 0) is 73.2 Å². The lowest BCUT2D eigenvalue weighted by Gasteiger charge is -2.08. The molecule has 0 radical (unpaired) electrons. The molecule has 0 atom stereocenters. The van der Waals surface area contributed by atoms with E-state index in [-0.39, 0.29) is 11.8 Å². The van der Waals surface area contributed by atoms with Crippen LogP contribution < -0.4 is 15.4 Å². The minimum Gasteiger partial charge on any atom is -0.497 e. The second-order valence-corrected chi connectivity index (χ2v) is 9.37. The van der Waals surface area contributed by atoms with E-state index in [4.69, 9.17) is 9.72 Å². The van der Waals surface area contributed by atoms with E-state index in [2.05, 4.69) is 20.6 Å². The third-order valence-corrected chi connectivity index (χ3v) is 6.70. The molecule has 0 aliphatic heterocycles. The normalized spacial score (nSPS) is 10.6. The molecule has 0 unspecified atom stereocenters. The summed E-state index contributed by atoms with van der Waals surface area (Å²) in [4.78, 5) is 39.5. The molecule has 0 saturated heterocycles. The number of rotatable bonds is 7. The number of hydrogen-bond donors (Lipinski definition) is 2. The van der Waals surface area contributed by atoms with Gasteiger partial charge in [0.15, 0.2) is 5.13 Å². The molecule has 9 heteroatoms. The Hall–Kier alpha value is -4.89. The van der Waals surface area contributed by atoms with Crippen LogP contribution in [0.25, 0.3) is 21.7 Å². The molecule has 0 aliphatic carbocycles. The van der Waals surface area contributed by atoms with E-state index in [9.17, 15) is 9.59 Å². The Morgan fingerprint density at radius 3 is 2.37 bits per heavy atom. The van der Waals surface area contributed by atoms with Gasteiger partial charge in [-0.15, -0.1) is 0 Å².